The lowest BCUT2D eigenvalue weighted by molar-refractivity contribution is -0.133. The summed E-state index contributed by atoms with van der Waals surface area (Å²) in [6.45, 7) is 4.30. The van der Waals surface area contributed by atoms with Crippen molar-refractivity contribution in [3.05, 3.63) is 77.8 Å². The molecule has 1 aliphatic rings. The molecule has 0 aromatic carbocycles. The monoisotopic (exact) mass is 420 g/mol. The van der Waals surface area contributed by atoms with Crippen LogP contribution in [0.15, 0.2) is 59.3 Å². The molecule has 3 heterocycles. The third-order valence-corrected chi connectivity index (χ3v) is 5.38. The summed E-state index contributed by atoms with van der Waals surface area (Å²) >= 11 is 0. The highest BCUT2D eigenvalue weighted by Crippen LogP contribution is 2.31. The standard InChI is InChI=1S/C24H28N4O3/c1-2-13-28(24(30)18-8-9-18)16-20-7-5-14-27(20)17-21-10-11-22(31-21)23(29)26-15-19-6-3-4-12-25-19/h3-7,10-12,14,18H,2,8-9,13,15-17H2,1H3,(H,26,29). The van der Waals surface area contributed by atoms with Crippen LogP contribution in [0.25, 0.3) is 0 Å². The molecule has 7 heteroatoms. The molecule has 1 aliphatic carbocycles. The number of rotatable bonds is 10. The first kappa shape index (κ1) is 20.9. The van der Waals surface area contributed by atoms with Crippen molar-refractivity contribution in [2.75, 3.05) is 6.54 Å². The van der Waals surface area contributed by atoms with Crippen molar-refractivity contribution in [3.63, 3.8) is 0 Å². The first-order chi connectivity index (χ1) is 15.1. The second-order valence-electron chi connectivity index (χ2n) is 7.93. The Kier molecular flexibility index (Phi) is 6.50. The molecule has 0 atom stereocenters. The Morgan fingerprint density at radius 3 is 2.81 bits per heavy atom. The van der Waals surface area contributed by atoms with E-state index in [2.05, 4.69) is 21.8 Å². The number of aromatic nitrogens is 2. The molecule has 1 N–H and O–H groups in total. The number of furan rings is 1. The molecule has 2 amide bonds. The van der Waals surface area contributed by atoms with Crippen molar-refractivity contribution in [2.24, 2.45) is 5.92 Å². The van der Waals surface area contributed by atoms with Gasteiger partial charge in [0.1, 0.15) is 5.76 Å². The minimum Gasteiger partial charge on any atom is -0.454 e. The van der Waals surface area contributed by atoms with Crippen molar-refractivity contribution in [1.82, 2.24) is 19.8 Å². The van der Waals surface area contributed by atoms with Crippen LogP contribution < -0.4 is 5.32 Å². The Morgan fingerprint density at radius 2 is 2.06 bits per heavy atom. The molecule has 31 heavy (non-hydrogen) atoms. The highest BCUT2D eigenvalue weighted by Gasteiger charge is 2.33. The quantitative estimate of drug-likeness (QED) is 0.543. The van der Waals surface area contributed by atoms with E-state index in [1.165, 1.54) is 0 Å². The maximum absolute atomic E-state index is 12.6. The van der Waals surface area contributed by atoms with Gasteiger partial charge in [-0.1, -0.05) is 13.0 Å². The molecule has 0 unspecified atom stereocenters. The lowest BCUT2D eigenvalue weighted by Crippen LogP contribution is -2.33. The summed E-state index contributed by atoms with van der Waals surface area (Å²) in [5, 5.41) is 2.82. The topological polar surface area (TPSA) is 80.4 Å². The molecule has 0 radical (unpaired) electrons. The molecule has 1 saturated carbocycles. The van der Waals surface area contributed by atoms with E-state index in [1.807, 2.05) is 47.5 Å². The number of hydrogen-bond acceptors (Lipinski definition) is 4. The van der Waals surface area contributed by atoms with Gasteiger partial charge in [0.25, 0.3) is 5.91 Å². The fourth-order valence-electron chi connectivity index (χ4n) is 3.58. The van der Waals surface area contributed by atoms with Crippen LogP contribution in [-0.2, 0) is 24.4 Å². The van der Waals surface area contributed by atoms with Crippen LogP contribution in [0.3, 0.4) is 0 Å². The van der Waals surface area contributed by atoms with E-state index < -0.39 is 0 Å². The highest BCUT2D eigenvalue weighted by molar-refractivity contribution is 5.91. The fourth-order valence-corrected chi connectivity index (χ4v) is 3.58. The minimum absolute atomic E-state index is 0.215. The molecule has 3 aromatic heterocycles. The molecule has 0 saturated heterocycles. The normalized spacial score (nSPS) is 13.2. The van der Waals surface area contributed by atoms with Crippen molar-refractivity contribution in [3.8, 4) is 0 Å². The predicted octanol–water partition coefficient (Wildman–Crippen LogP) is 3.60. The number of carbonyl (C=O) groups excluding carboxylic acids is 2. The average Bonchev–Trinajstić information content (AvgIpc) is 3.39. The molecular weight excluding hydrogens is 392 g/mol. The number of amides is 2. The van der Waals surface area contributed by atoms with E-state index in [-0.39, 0.29) is 23.5 Å². The molecule has 0 aliphatic heterocycles. The first-order valence-corrected chi connectivity index (χ1v) is 10.8. The highest BCUT2D eigenvalue weighted by atomic mass is 16.4. The SMILES string of the molecule is CCCN(Cc1cccn1Cc1ccc(C(=O)NCc2ccccn2)o1)C(=O)C1CC1. The summed E-state index contributed by atoms with van der Waals surface area (Å²) in [6.07, 6.45) is 6.63. The summed E-state index contributed by atoms with van der Waals surface area (Å²) in [4.78, 5) is 31.1. The molecule has 4 rings (SSSR count). The third-order valence-electron chi connectivity index (χ3n) is 5.38. The van der Waals surface area contributed by atoms with Crippen LogP contribution in [0.5, 0.6) is 0 Å². The van der Waals surface area contributed by atoms with Crippen LogP contribution in [0.2, 0.25) is 0 Å². The van der Waals surface area contributed by atoms with Crippen molar-refractivity contribution < 1.29 is 14.0 Å². The van der Waals surface area contributed by atoms with Gasteiger partial charge in [-0.25, -0.2) is 0 Å². The van der Waals surface area contributed by atoms with Gasteiger partial charge in [-0.2, -0.15) is 0 Å². The predicted molar refractivity (Wildman–Crippen MR) is 116 cm³/mol. The smallest absolute Gasteiger partial charge is 0.287 e. The zero-order valence-electron chi connectivity index (χ0n) is 17.8. The van der Waals surface area contributed by atoms with E-state index in [4.69, 9.17) is 4.42 Å². The van der Waals surface area contributed by atoms with Crippen LogP contribution in [0, 0.1) is 5.92 Å². The summed E-state index contributed by atoms with van der Waals surface area (Å²) in [6, 6.07) is 13.1. The second kappa shape index (κ2) is 9.64. The molecule has 0 spiro atoms. The van der Waals surface area contributed by atoms with Gasteiger partial charge in [-0.05, 0) is 55.7 Å². The summed E-state index contributed by atoms with van der Waals surface area (Å²) in [5.74, 6) is 1.17. The van der Waals surface area contributed by atoms with Crippen LogP contribution in [-0.4, -0.2) is 32.8 Å². The molecule has 0 bridgehead atoms. The number of hydrogen-bond donors (Lipinski definition) is 1. The van der Waals surface area contributed by atoms with Gasteiger partial charge in [0.2, 0.25) is 5.91 Å². The van der Waals surface area contributed by atoms with E-state index >= 15 is 0 Å². The molecule has 162 valence electrons. The number of carbonyl (C=O) groups is 2. The number of nitrogens with zero attached hydrogens (tertiary/aromatic N) is 3. The number of nitrogens with one attached hydrogen (secondary N) is 1. The van der Waals surface area contributed by atoms with Crippen LogP contribution in [0.4, 0.5) is 0 Å². The Balaban J connectivity index is 1.37. The van der Waals surface area contributed by atoms with Gasteiger partial charge in [-0.3, -0.25) is 14.6 Å². The van der Waals surface area contributed by atoms with Gasteiger partial charge in [0.15, 0.2) is 5.76 Å². The van der Waals surface area contributed by atoms with E-state index in [0.29, 0.717) is 25.4 Å². The molecular formula is C24H28N4O3. The van der Waals surface area contributed by atoms with Crippen molar-refractivity contribution >= 4 is 11.8 Å². The van der Waals surface area contributed by atoms with Crippen LogP contribution in [0.1, 0.15) is 53.9 Å². The molecule has 7 nitrogen and oxygen atoms in total. The van der Waals surface area contributed by atoms with E-state index in [0.717, 1.165) is 37.2 Å². The van der Waals surface area contributed by atoms with Gasteiger partial charge < -0.3 is 19.2 Å². The number of pyridine rings is 1. The first-order valence-electron chi connectivity index (χ1n) is 10.8. The third kappa shape index (κ3) is 5.42. The Hall–Kier alpha value is -3.35. The lowest BCUT2D eigenvalue weighted by Gasteiger charge is -2.23. The van der Waals surface area contributed by atoms with Gasteiger partial charge in [-0.15, -0.1) is 0 Å². The Morgan fingerprint density at radius 1 is 1.19 bits per heavy atom. The van der Waals surface area contributed by atoms with Crippen LogP contribution >= 0.6 is 0 Å². The minimum atomic E-state index is -0.270. The second-order valence-corrected chi connectivity index (χ2v) is 7.93. The van der Waals surface area contributed by atoms with Gasteiger partial charge in [0, 0.05) is 30.6 Å². The van der Waals surface area contributed by atoms with E-state index in [9.17, 15) is 9.59 Å². The Labute approximate surface area is 182 Å². The van der Waals surface area contributed by atoms with Crippen molar-refractivity contribution in [1.29, 1.82) is 0 Å². The maximum Gasteiger partial charge on any atom is 0.287 e. The molecule has 3 aromatic rings. The van der Waals surface area contributed by atoms with Gasteiger partial charge >= 0.3 is 0 Å². The van der Waals surface area contributed by atoms with Gasteiger partial charge in [0.05, 0.1) is 25.3 Å². The maximum atomic E-state index is 12.6. The summed E-state index contributed by atoms with van der Waals surface area (Å²) < 4.78 is 7.84. The lowest BCUT2D eigenvalue weighted by atomic mass is 10.3. The average molecular weight is 421 g/mol. The summed E-state index contributed by atoms with van der Waals surface area (Å²) in [7, 11) is 0. The molecule has 1 fully saturated rings. The zero-order valence-corrected chi connectivity index (χ0v) is 17.8. The summed E-state index contributed by atoms with van der Waals surface area (Å²) in [5.41, 5.74) is 1.84. The largest absolute Gasteiger partial charge is 0.454 e. The van der Waals surface area contributed by atoms with Crippen molar-refractivity contribution in [2.45, 2.75) is 45.8 Å². The zero-order chi connectivity index (χ0) is 21.6. The fraction of sp³-hybridized carbons (Fsp3) is 0.375. The van der Waals surface area contributed by atoms with E-state index in [1.54, 1.807) is 12.3 Å². The Bertz CT molecular complexity index is 1020.